The van der Waals surface area contributed by atoms with Crippen LogP contribution >= 0.6 is 0 Å². The Labute approximate surface area is 239 Å². The molecule has 0 radical (unpaired) electrons. The second kappa shape index (κ2) is 11.1. The number of aromatic nitrogens is 6. The zero-order valence-electron chi connectivity index (χ0n) is 23.3. The molecule has 3 heterocycles. The number of fused-ring (bicyclic) bond motifs is 2. The quantitative estimate of drug-likeness (QED) is 0.183. The average Bonchev–Trinajstić information content (AvgIpc) is 3.61. The van der Waals surface area contributed by atoms with Crippen molar-refractivity contribution in [3.8, 4) is 5.75 Å². The van der Waals surface area contributed by atoms with Crippen LogP contribution in [0.4, 0.5) is 11.9 Å². The Bertz CT molecular complexity index is 1900. The van der Waals surface area contributed by atoms with Gasteiger partial charge in [0.1, 0.15) is 17.0 Å². The molecule has 14 heteroatoms. The summed E-state index contributed by atoms with van der Waals surface area (Å²) >= 11 is 0. The van der Waals surface area contributed by atoms with Crippen LogP contribution in [0.1, 0.15) is 43.8 Å². The molecule has 0 aliphatic heterocycles. The molecule has 0 bridgehead atoms. The van der Waals surface area contributed by atoms with Gasteiger partial charge in [0.15, 0.2) is 0 Å². The number of rotatable bonds is 10. The molecular formula is C28H30N10O4. The largest absolute Gasteiger partial charge is 0.494 e. The normalized spacial score (nSPS) is 11.5. The van der Waals surface area contributed by atoms with Gasteiger partial charge in [0, 0.05) is 30.8 Å². The first-order chi connectivity index (χ1) is 20.1. The van der Waals surface area contributed by atoms with Crippen LogP contribution in [-0.4, -0.2) is 53.7 Å². The van der Waals surface area contributed by atoms with Gasteiger partial charge in [0.05, 0.1) is 29.4 Å². The number of imidazole rings is 2. The summed E-state index contributed by atoms with van der Waals surface area (Å²) in [4.78, 5) is 45.7. The lowest BCUT2D eigenvalue weighted by atomic mass is 10.1. The summed E-state index contributed by atoms with van der Waals surface area (Å²) in [6.07, 6.45) is 3.76. The Balaban J connectivity index is 1.49. The fourth-order valence-electron chi connectivity index (χ4n) is 4.79. The Hall–Kier alpha value is -5.66. The van der Waals surface area contributed by atoms with Crippen LogP contribution < -0.4 is 27.3 Å². The van der Waals surface area contributed by atoms with Crippen molar-refractivity contribution in [1.29, 1.82) is 0 Å². The number of carbonyl (C=O) groups is 3. The van der Waals surface area contributed by atoms with E-state index in [1.54, 1.807) is 44.1 Å². The monoisotopic (exact) mass is 570 g/mol. The van der Waals surface area contributed by atoms with Crippen LogP contribution in [0, 0.1) is 6.92 Å². The van der Waals surface area contributed by atoms with Crippen LogP contribution in [0.5, 0.6) is 5.75 Å². The standard InChI is InChI=1S/C28H30N10O4/c1-4-38-21(11-15(2)35-38)26(41)34-28-33-19-13-17(25(30)40)14-22(42-3)23(19)37(28)10-6-5-9-36-20-8-7-16(24(29)39)12-18(20)32-27(36)31/h5-8,11-14H,4,9-10H2,1-3H3,(H2,29,39)(H2,30,40)(H2,31,32)(H,33,34,41). The molecular weight excluding hydrogens is 540 g/mol. The smallest absolute Gasteiger partial charge is 0.276 e. The number of nitrogens with one attached hydrogen (secondary N) is 1. The van der Waals surface area contributed by atoms with Gasteiger partial charge in [-0.25, -0.2) is 9.97 Å². The molecule has 0 unspecified atom stereocenters. The maximum Gasteiger partial charge on any atom is 0.276 e. The number of carbonyl (C=O) groups excluding carboxylic acids is 3. The zero-order chi connectivity index (χ0) is 30.1. The lowest BCUT2D eigenvalue weighted by Crippen LogP contribution is -2.20. The number of hydrogen-bond acceptors (Lipinski definition) is 8. The summed E-state index contributed by atoms with van der Waals surface area (Å²) in [6.45, 7) is 4.88. The van der Waals surface area contributed by atoms with Crippen LogP contribution in [-0.2, 0) is 19.6 Å². The highest BCUT2D eigenvalue weighted by molar-refractivity contribution is 6.04. The summed E-state index contributed by atoms with van der Waals surface area (Å²) in [5, 5.41) is 7.23. The molecule has 3 aromatic heterocycles. The molecule has 42 heavy (non-hydrogen) atoms. The fourth-order valence-corrected chi connectivity index (χ4v) is 4.79. The third kappa shape index (κ3) is 5.12. The fraction of sp³-hybridized carbons (Fsp3) is 0.214. The van der Waals surface area contributed by atoms with Crippen molar-refractivity contribution >= 4 is 51.7 Å². The second-order valence-electron chi connectivity index (χ2n) is 9.52. The van der Waals surface area contributed by atoms with Crippen LogP contribution in [0.15, 0.2) is 48.6 Å². The molecule has 5 rings (SSSR count). The lowest BCUT2D eigenvalue weighted by molar-refractivity contribution is 0.0992. The minimum Gasteiger partial charge on any atom is -0.494 e. The molecule has 14 nitrogen and oxygen atoms in total. The summed E-state index contributed by atoms with van der Waals surface area (Å²) in [7, 11) is 1.48. The zero-order valence-corrected chi connectivity index (χ0v) is 23.3. The van der Waals surface area contributed by atoms with E-state index in [0.717, 1.165) is 5.52 Å². The summed E-state index contributed by atoms with van der Waals surface area (Å²) in [5.74, 6) is -0.681. The number of hydrogen-bond donors (Lipinski definition) is 4. The maximum atomic E-state index is 13.3. The number of ether oxygens (including phenoxy) is 1. The molecule has 0 aliphatic carbocycles. The number of aryl methyl sites for hydroxylation is 2. The SMILES string of the molecule is CCn1nc(C)cc1C(=O)Nc1nc2cc(C(N)=O)cc(OC)c2n1CC=CCn1c(N)nc2cc(C(N)=O)ccc21. The maximum absolute atomic E-state index is 13.3. The van der Waals surface area contributed by atoms with E-state index < -0.39 is 11.8 Å². The predicted molar refractivity (Wildman–Crippen MR) is 157 cm³/mol. The van der Waals surface area contributed by atoms with Crippen LogP contribution in [0.3, 0.4) is 0 Å². The lowest BCUT2D eigenvalue weighted by Gasteiger charge is -2.11. The third-order valence-corrected chi connectivity index (χ3v) is 6.78. The van der Waals surface area contributed by atoms with Gasteiger partial charge in [0.25, 0.3) is 5.91 Å². The Morgan fingerprint density at radius 2 is 1.64 bits per heavy atom. The van der Waals surface area contributed by atoms with E-state index in [9.17, 15) is 14.4 Å². The van der Waals surface area contributed by atoms with E-state index in [2.05, 4.69) is 20.4 Å². The summed E-state index contributed by atoms with van der Waals surface area (Å²) in [5.41, 5.74) is 21.0. The van der Waals surface area contributed by atoms with Crippen LogP contribution in [0.25, 0.3) is 22.1 Å². The van der Waals surface area contributed by atoms with Gasteiger partial charge in [-0.05, 0) is 50.2 Å². The van der Waals surface area contributed by atoms with Gasteiger partial charge >= 0.3 is 0 Å². The summed E-state index contributed by atoms with van der Waals surface area (Å²) in [6, 6.07) is 9.75. The average molecular weight is 571 g/mol. The predicted octanol–water partition coefficient (Wildman–Crippen LogP) is 2.21. The van der Waals surface area contributed by atoms with E-state index in [-0.39, 0.29) is 29.9 Å². The molecule has 0 saturated carbocycles. The molecule has 0 fully saturated rings. The number of benzene rings is 2. The minimum atomic E-state index is -0.634. The van der Waals surface area contributed by atoms with Gasteiger partial charge in [-0.15, -0.1) is 0 Å². The Kier molecular flexibility index (Phi) is 7.35. The molecule has 0 spiro atoms. The number of nitrogens with two attached hydrogens (primary N) is 3. The molecule has 2 aromatic carbocycles. The number of amides is 3. The molecule has 0 saturated heterocycles. The van der Waals surface area contributed by atoms with Gasteiger partial charge in [0.2, 0.25) is 23.7 Å². The molecule has 7 N–H and O–H groups in total. The van der Waals surface area contributed by atoms with Gasteiger partial charge in [-0.3, -0.25) is 24.4 Å². The topological polar surface area (TPSA) is 204 Å². The number of allylic oxidation sites excluding steroid dienone is 2. The number of nitrogens with zero attached hydrogens (tertiary/aromatic N) is 6. The first-order valence-corrected chi connectivity index (χ1v) is 13.1. The van der Waals surface area contributed by atoms with Crippen molar-refractivity contribution in [2.45, 2.75) is 33.5 Å². The number of anilines is 2. The van der Waals surface area contributed by atoms with Crippen molar-refractivity contribution < 1.29 is 19.1 Å². The first kappa shape index (κ1) is 27.9. The van der Waals surface area contributed by atoms with Crippen molar-refractivity contribution in [2.24, 2.45) is 11.5 Å². The molecule has 216 valence electrons. The van der Waals surface area contributed by atoms with Gasteiger partial charge < -0.3 is 31.1 Å². The highest BCUT2D eigenvalue weighted by atomic mass is 16.5. The second-order valence-corrected chi connectivity index (χ2v) is 9.52. The van der Waals surface area contributed by atoms with E-state index in [1.165, 1.54) is 13.2 Å². The highest BCUT2D eigenvalue weighted by Gasteiger charge is 2.21. The van der Waals surface area contributed by atoms with Crippen molar-refractivity contribution in [3.05, 3.63) is 71.1 Å². The molecule has 0 aliphatic rings. The first-order valence-electron chi connectivity index (χ1n) is 13.1. The van der Waals surface area contributed by atoms with Gasteiger partial charge in [-0.2, -0.15) is 5.10 Å². The number of nitrogen functional groups attached to an aromatic ring is 1. The van der Waals surface area contributed by atoms with Crippen molar-refractivity contribution in [3.63, 3.8) is 0 Å². The van der Waals surface area contributed by atoms with E-state index in [1.807, 2.05) is 26.0 Å². The van der Waals surface area contributed by atoms with Crippen molar-refractivity contribution in [2.75, 3.05) is 18.2 Å². The molecule has 3 amide bonds. The van der Waals surface area contributed by atoms with Crippen LogP contribution in [0.2, 0.25) is 0 Å². The Morgan fingerprint density at radius 3 is 2.31 bits per heavy atom. The van der Waals surface area contributed by atoms with E-state index in [0.29, 0.717) is 52.3 Å². The molecule has 0 atom stereocenters. The minimum absolute atomic E-state index is 0.221. The van der Waals surface area contributed by atoms with E-state index >= 15 is 0 Å². The number of primary amides is 2. The number of methoxy groups -OCH3 is 1. The molecule has 5 aromatic rings. The Morgan fingerprint density at radius 1 is 0.952 bits per heavy atom. The van der Waals surface area contributed by atoms with Gasteiger partial charge in [-0.1, -0.05) is 12.2 Å². The van der Waals surface area contributed by atoms with E-state index in [4.69, 9.17) is 21.9 Å². The summed E-state index contributed by atoms with van der Waals surface area (Å²) < 4.78 is 10.7. The highest BCUT2D eigenvalue weighted by Crippen LogP contribution is 2.31. The third-order valence-electron chi connectivity index (χ3n) is 6.78. The van der Waals surface area contributed by atoms with Crippen molar-refractivity contribution in [1.82, 2.24) is 28.9 Å².